The quantitative estimate of drug-likeness (QED) is 0.693. The summed E-state index contributed by atoms with van der Waals surface area (Å²) in [5.41, 5.74) is 2.35. The van der Waals surface area contributed by atoms with Crippen LogP contribution in [0.4, 0.5) is 0 Å². The minimum atomic E-state index is 1.13. The standard InChI is InChI=1S/C13H15NS/c1-11-14-13(9-5-6-10-15-11)12-7-3-2-4-8-12/h2-4,7-9H,5-6,10H2,1H3/b13-9+,14-11-. The zero-order valence-electron chi connectivity index (χ0n) is 8.94. The van der Waals surface area contributed by atoms with Gasteiger partial charge in [-0.25, -0.2) is 4.99 Å². The summed E-state index contributed by atoms with van der Waals surface area (Å²) in [4.78, 5) is 4.65. The van der Waals surface area contributed by atoms with E-state index in [2.05, 4.69) is 42.3 Å². The maximum absolute atomic E-state index is 4.65. The highest BCUT2D eigenvalue weighted by molar-refractivity contribution is 8.13. The van der Waals surface area contributed by atoms with E-state index in [-0.39, 0.29) is 0 Å². The van der Waals surface area contributed by atoms with Gasteiger partial charge in [-0.3, -0.25) is 0 Å². The molecule has 1 heterocycles. The smallest absolute Gasteiger partial charge is 0.0707 e. The molecular weight excluding hydrogens is 202 g/mol. The van der Waals surface area contributed by atoms with Crippen molar-refractivity contribution in [3.63, 3.8) is 0 Å². The van der Waals surface area contributed by atoms with Gasteiger partial charge in [-0.05, 0) is 31.1 Å². The topological polar surface area (TPSA) is 12.4 Å². The normalized spacial score (nSPS) is 24.3. The van der Waals surface area contributed by atoms with Crippen LogP contribution in [0.2, 0.25) is 0 Å². The minimum Gasteiger partial charge on any atom is -0.247 e. The van der Waals surface area contributed by atoms with Crippen molar-refractivity contribution in [2.75, 3.05) is 5.75 Å². The van der Waals surface area contributed by atoms with Crippen LogP contribution < -0.4 is 0 Å². The molecule has 1 aliphatic rings. The van der Waals surface area contributed by atoms with Gasteiger partial charge >= 0.3 is 0 Å². The molecule has 78 valence electrons. The van der Waals surface area contributed by atoms with E-state index in [1.165, 1.54) is 22.8 Å². The van der Waals surface area contributed by atoms with E-state index < -0.39 is 0 Å². The molecule has 0 spiro atoms. The Labute approximate surface area is 95.3 Å². The van der Waals surface area contributed by atoms with Crippen LogP contribution in [0.25, 0.3) is 5.70 Å². The summed E-state index contributed by atoms with van der Waals surface area (Å²) in [5.74, 6) is 1.19. The molecule has 1 aromatic rings. The van der Waals surface area contributed by atoms with Crippen molar-refractivity contribution < 1.29 is 0 Å². The Morgan fingerprint density at radius 1 is 1.20 bits per heavy atom. The Bertz CT molecular complexity index is 379. The van der Waals surface area contributed by atoms with E-state index >= 15 is 0 Å². The van der Waals surface area contributed by atoms with Crippen LogP contribution in [0.5, 0.6) is 0 Å². The van der Waals surface area contributed by atoms with E-state index in [1.807, 2.05) is 17.8 Å². The van der Waals surface area contributed by atoms with E-state index in [9.17, 15) is 0 Å². The van der Waals surface area contributed by atoms with Gasteiger partial charge in [-0.15, -0.1) is 11.8 Å². The molecule has 0 saturated carbocycles. The lowest BCUT2D eigenvalue weighted by Crippen LogP contribution is -1.93. The molecule has 0 aromatic heterocycles. The van der Waals surface area contributed by atoms with Crippen LogP contribution in [0.3, 0.4) is 0 Å². The Hall–Kier alpha value is -1.02. The van der Waals surface area contributed by atoms with Crippen LogP contribution in [-0.2, 0) is 0 Å². The van der Waals surface area contributed by atoms with Crippen LogP contribution in [0, 0.1) is 0 Å². The van der Waals surface area contributed by atoms with Crippen molar-refractivity contribution in [1.82, 2.24) is 0 Å². The van der Waals surface area contributed by atoms with Crippen molar-refractivity contribution in [3.05, 3.63) is 42.0 Å². The highest BCUT2D eigenvalue weighted by Crippen LogP contribution is 2.22. The summed E-state index contributed by atoms with van der Waals surface area (Å²) in [5, 5.41) is 1.17. The van der Waals surface area contributed by atoms with Crippen molar-refractivity contribution in [1.29, 1.82) is 0 Å². The number of allylic oxidation sites excluding steroid dienone is 1. The fourth-order valence-corrected chi connectivity index (χ4v) is 2.35. The summed E-state index contributed by atoms with van der Waals surface area (Å²) < 4.78 is 0. The van der Waals surface area contributed by atoms with Crippen LogP contribution in [0.15, 0.2) is 41.4 Å². The highest BCUT2D eigenvalue weighted by atomic mass is 32.2. The van der Waals surface area contributed by atoms with Gasteiger partial charge in [0.15, 0.2) is 0 Å². The van der Waals surface area contributed by atoms with Gasteiger partial charge in [0.25, 0.3) is 0 Å². The summed E-state index contributed by atoms with van der Waals surface area (Å²) in [6.07, 6.45) is 4.63. The predicted octanol–water partition coefficient (Wildman–Crippen LogP) is 3.97. The van der Waals surface area contributed by atoms with Gasteiger partial charge in [0.05, 0.1) is 10.7 Å². The first kappa shape index (κ1) is 10.5. The molecule has 0 saturated heterocycles. The second-order valence-corrected chi connectivity index (χ2v) is 4.86. The molecule has 15 heavy (non-hydrogen) atoms. The van der Waals surface area contributed by atoms with E-state index in [4.69, 9.17) is 0 Å². The number of benzene rings is 1. The molecule has 2 heteroatoms. The van der Waals surface area contributed by atoms with Crippen LogP contribution in [-0.4, -0.2) is 10.8 Å². The van der Waals surface area contributed by atoms with Gasteiger partial charge in [-0.2, -0.15) is 0 Å². The molecule has 0 fully saturated rings. The second-order valence-electron chi connectivity index (χ2n) is 3.58. The van der Waals surface area contributed by atoms with Gasteiger partial charge < -0.3 is 0 Å². The summed E-state index contributed by atoms with van der Waals surface area (Å²) in [6.45, 7) is 2.09. The number of thioether (sulfide) groups is 1. The second kappa shape index (κ2) is 5.17. The molecular formula is C13H15NS. The third-order valence-electron chi connectivity index (χ3n) is 2.34. The Balaban J connectivity index is 2.30. The first-order chi connectivity index (χ1) is 7.36. The average molecular weight is 217 g/mol. The first-order valence-electron chi connectivity index (χ1n) is 5.30. The number of rotatable bonds is 1. The zero-order chi connectivity index (χ0) is 10.5. The molecule has 1 aliphatic heterocycles. The Kier molecular flexibility index (Phi) is 3.62. The molecule has 0 bridgehead atoms. The maximum atomic E-state index is 4.65. The van der Waals surface area contributed by atoms with E-state index in [0.29, 0.717) is 0 Å². The minimum absolute atomic E-state index is 1.13. The van der Waals surface area contributed by atoms with Gasteiger partial charge in [0.1, 0.15) is 0 Å². The number of aliphatic imine (C=N–C) groups is 1. The molecule has 0 aliphatic carbocycles. The van der Waals surface area contributed by atoms with Crippen LogP contribution >= 0.6 is 11.8 Å². The predicted molar refractivity (Wildman–Crippen MR) is 69.2 cm³/mol. The highest BCUT2D eigenvalue weighted by Gasteiger charge is 2.03. The molecule has 0 amide bonds. The first-order valence-corrected chi connectivity index (χ1v) is 6.28. The summed E-state index contributed by atoms with van der Waals surface area (Å²) in [6, 6.07) is 10.4. The SMILES string of the molecule is C/C1=N/C(c2ccccc2)=C/CCCS1. The largest absolute Gasteiger partial charge is 0.247 e. The fraction of sp³-hybridized carbons (Fsp3) is 0.308. The molecule has 1 nitrogen and oxygen atoms in total. The van der Waals surface area contributed by atoms with Crippen molar-refractivity contribution in [2.45, 2.75) is 19.8 Å². The molecule has 2 rings (SSSR count). The molecule has 0 radical (unpaired) electrons. The van der Waals surface area contributed by atoms with Crippen LogP contribution in [0.1, 0.15) is 25.3 Å². The van der Waals surface area contributed by atoms with Gasteiger partial charge in [0.2, 0.25) is 0 Å². The molecule has 1 aromatic carbocycles. The van der Waals surface area contributed by atoms with E-state index in [1.54, 1.807) is 0 Å². The van der Waals surface area contributed by atoms with Crippen molar-refractivity contribution >= 4 is 22.5 Å². The monoisotopic (exact) mass is 217 g/mol. The maximum Gasteiger partial charge on any atom is 0.0707 e. The third-order valence-corrected chi connectivity index (χ3v) is 3.35. The lowest BCUT2D eigenvalue weighted by atomic mass is 10.1. The van der Waals surface area contributed by atoms with Crippen molar-refractivity contribution in [3.8, 4) is 0 Å². The van der Waals surface area contributed by atoms with Gasteiger partial charge in [0, 0.05) is 0 Å². The molecule has 0 atom stereocenters. The Morgan fingerprint density at radius 3 is 2.80 bits per heavy atom. The average Bonchev–Trinajstić information content (AvgIpc) is 2.24. The van der Waals surface area contributed by atoms with Gasteiger partial charge in [-0.1, -0.05) is 36.4 Å². The van der Waals surface area contributed by atoms with Crippen molar-refractivity contribution in [2.24, 2.45) is 4.99 Å². The van der Waals surface area contributed by atoms with E-state index in [0.717, 1.165) is 12.1 Å². The lowest BCUT2D eigenvalue weighted by Gasteiger charge is -2.08. The third kappa shape index (κ3) is 2.96. The summed E-state index contributed by atoms with van der Waals surface area (Å²) in [7, 11) is 0. The molecule has 0 unspecified atom stereocenters. The zero-order valence-corrected chi connectivity index (χ0v) is 9.76. The lowest BCUT2D eigenvalue weighted by molar-refractivity contribution is 0.971. The number of hydrogen-bond acceptors (Lipinski definition) is 2. The fourth-order valence-electron chi connectivity index (χ4n) is 1.58. The summed E-state index contributed by atoms with van der Waals surface area (Å²) >= 11 is 1.86. The number of hydrogen-bond donors (Lipinski definition) is 0. The molecule has 0 N–H and O–H groups in total. The number of nitrogens with zero attached hydrogens (tertiary/aromatic N) is 1. The Morgan fingerprint density at radius 2 is 2.00 bits per heavy atom.